The standard InChI is InChI=1S/C24H24N2O3/c1-14-9-11-20(16(3)12-14)25-22(27)18-6-4-5-7-21(18)26-23(28)17-10-8-15(2)13-19(17)24(26)29/h4-9,11-12,17,19H,10,13H2,1-3H3,(H,25,27)/t17-,19+/m0/s1. The van der Waals surface area contributed by atoms with Gasteiger partial charge in [0.1, 0.15) is 0 Å². The molecule has 1 fully saturated rings. The molecule has 2 aliphatic rings. The number of carbonyl (C=O) groups excluding carboxylic acids is 3. The van der Waals surface area contributed by atoms with Crippen molar-refractivity contribution in [3.63, 3.8) is 0 Å². The zero-order valence-electron chi connectivity index (χ0n) is 16.9. The van der Waals surface area contributed by atoms with Gasteiger partial charge < -0.3 is 5.32 Å². The maximum absolute atomic E-state index is 13.1. The van der Waals surface area contributed by atoms with Crippen LogP contribution < -0.4 is 10.2 Å². The average molecular weight is 388 g/mol. The molecular weight excluding hydrogens is 364 g/mol. The first-order valence-corrected chi connectivity index (χ1v) is 9.88. The highest BCUT2D eigenvalue weighted by molar-refractivity contribution is 6.25. The number of carbonyl (C=O) groups is 3. The van der Waals surface area contributed by atoms with E-state index in [2.05, 4.69) is 5.32 Å². The summed E-state index contributed by atoms with van der Waals surface area (Å²) in [5.41, 5.74) is 4.59. The van der Waals surface area contributed by atoms with Gasteiger partial charge in [0.15, 0.2) is 0 Å². The van der Waals surface area contributed by atoms with Gasteiger partial charge in [-0.2, -0.15) is 0 Å². The molecule has 2 atom stereocenters. The summed E-state index contributed by atoms with van der Waals surface area (Å²) in [5.74, 6) is -1.42. The first kappa shape index (κ1) is 19.1. The van der Waals surface area contributed by atoms with E-state index in [-0.39, 0.29) is 29.6 Å². The van der Waals surface area contributed by atoms with Crippen molar-refractivity contribution in [2.75, 3.05) is 10.2 Å². The first-order valence-electron chi connectivity index (χ1n) is 9.88. The van der Waals surface area contributed by atoms with E-state index in [1.807, 2.05) is 45.0 Å². The molecule has 29 heavy (non-hydrogen) atoms. The largest absolute Gasteiger partial charge is 0.322 e. The van der Waals surface area contributed by atoms with Gasteiger partial charge in [0.25, 0.3) is 5.91 Å². The number of aryl methyl sites for hydroxylation is 2. The predicted molar refractivity (Wildman–Crippen MR) is 113 cm³/mol. The molecule has 3 amide bonds. The highest BCUT2D eigenvalue weighted by Crippen LogP contribution is 2.40. The van der Waals surface area contributed by atoms with Gasteiger partial charge >= 0.3 is 0 Å². The number of rotatable bonds is 3. The lowest BCUT2D eigenvalue weighted by Gasteiger charge is -2.19. The Hall–Kier alpha value is -3.21. The Kier molecular flexibility index (Phi) is 4.82. The lowest BCUT2D eigenvalue weighted by molar-refractivity contribution is -0.122. The number of amides is 3. The average Bonchev–Trinajstić information content (AvgIpc) is 2.94. The number of anilines is 2. The maximum Gasteiger partial charge on any atom is 0.257 e. The van der Waals surface area contributed by atoms with Crippen LogP contribution in [0.3, 0.4) is 0 Å². The molecule has 1 saturated heterocycles. The van der Waals surface area contributed by atoms with Crippen molar-refractivity contribution in [2.45, 2.75) is 33.6 Å². The van der Waals surface area contributed by atoms with Gasteiger partial charge in [0, 0.05) is 5.69 Å². The molecule has 0 saturated carbocycles. The minimum absolute atomic E-state index is 0.209. The van der Waals surface area contributed by atoms with E-state index in [0.717, 1.165) is 16.7 Å². The van der Waals surface area contributed by atoms with Gasteiger partial charge in [-0.25, -0.2) is 4.90 Å². The van der Waals surface area contributed by atoms with Crippen LogP contribution in [0.1, 0.15) is 41.3 Å². The van der Waals surface area contributed by atoms with Gasteiger partial charge in [0.2, 0.25) is 11.8 Å². The quantitative estimate of drug-likeness (QED) is 0.626. The third kappa shape index (κ3) is 3.37. The summed E-state index contributed by atoms with van der Waals surface area (Å²) < 4.78 is 0. The monoisotopic (exact) mass is 388 g/mol. The zero-order chi connectivity index (χ0) is 20.7. The highest BCUT2D eigenvalue weighted by atomic mass is 16.2. The van der Waals surface area contributed by atoms with Crippen LogP contribution in [0.15, 0.2) is 54.1 Å². The Morgan fingerprint density at radius 2 is 1.72 bits per heavy atom. The van der Waals surface area contributed by atoms with Crippen LogP contribution in [0.5, 0.6) is 0 Å². The molecule has 0 unspecified atom stereocenters. The molecule has 2 aromatic rings. The SMILES string of the molecule is CC1=CC[C@@H]2C(=O)N(c3ccccc3C(=O)Nc3ccc(C)cc3C)C(=O)[C@@H]2C1. The summed E-state index contributed by atoms with van der Waals surface area (Å²) in [6.45, 7) is 5.92. The summed E-state index contributed by atoms with van der Waals surface area (Å²) in [6.07, 6.45) is 3.21. The number of hydrogen-bond donors (Lipinski definition) is 1. The topological polar surface area (TPSA) is 66.5 Å². The van der Waals surface area contributed by atoms with Crippen molar-refractivity contribution in [1.82, 2.24) is 0 Å². The molecule has 0 spiro atoms. The van der Waals surface area contributed by atoms with Crippen molar-refractivity contribution in [1.29, 1.82) is 0 Å². The second kappa shape index (κ2) is 7.32. The Morgan fingerprint density at radius 3 is 2.48 bits per heavy atom. The van der Waals surface area contributed by atoms with Crippen LogP contribution in [-0.4, -0.2) is 17.7 Å². The number of imide groups is 1. The number of nitrogens with one attached hydrogen (secondary N) is 1. The maximum atomic E-state index is 13.1. The fraction of sp³-hybridized carbons (Fsp3) is 0.292. The van der Waals surface area contributed by atoms with Crippen LogP contribution in [0.2, 0.25) is 0 Å². The van der Waals surface area contributed by atoms with Crippen molar-refractivity contribution in [2.24, 2.45) is 11.8 Å². The summed E-state index contributed by atoms with van der Waals surface area (Å²) >= 11 is 0. The Labute approximate surface area is 170 Å². The minimum Gasteiger partial charge on any atom is -0.322 e. The van der Waals surface area contributed by atoms with Gasteiger partial charge in [0.05, 0.1) is 23.1 Å². The molecule has 1 heterocycles. The van der Waals surface area contributed by atoms with Crippen molar-refractivity contribution >= 4 is 29.1 Å². The molecule has 2 aromatic carbocycles. The third-order valence-electron chi connectivity index (χ3n) is 5.84. The lowest BCUT2D eigenvalue weighted by Crippen LogP contribution is -2.33. The molecule has 148 valence electrons. The van der Waals surface area contributed by atoms with E-state index < -0.39 is 0 Å². The fourth-order valence-corrected chi connectivity index (χ4v) is 4.28. The van der Waals surface area contributed by atoms with E-state index in [1.54, 1.807) is 24.3 Å². The number of para-hydroxylation sites is 1. The third-order valence-corrected chi connectivity index (χ3v) is 5.84. The Balaban J connectivity index is 1.66. The summed E-state index contributed by atoms with van der Waals surface area (Å²) in [7, 11) is 0. The number of hydrogen-bond acceptors (Lipinski definition) is 3. The first-order chi connectivity index (χ1) is 13.9. The predicted octanol–water partition coefficient (Wildman–Crippen LogP) is 4.40. The fourth-order valence-electron chi connectivity index (χ4n) is 4.28. The summed E-state index contributed by atoms with van der Waals surface area (Å²) in [5, 5.41) is 2.92. The van der Waals surface area contributed by atoms with Crippen LogP contribution in [-0.2, 0) is 9.59 Å². The van der Waals surface area contributed by atoms with Gasteiger partial charge in [-0.3, -0.25) is 14.4 Å². The molecule has 0 radical (unpaired) electrons. The summed E-state index contributed by atoms with van der Waals surface area (Å²) in [6, 6.07) is 12.6. The molecule has 5 nitrogen and oxygen atoms in total. The van der Waals surface area contributed by atoms with Crippen LogP contribution in [0.25, 0.3) is 0 Å². The van der Waals surface area contributed by atoms with Crippen molar-refractivity contribution in [3.05, 3.63) is 70.8 Å². The molecule has 1 N–H and O–H groups in total. The van der Waals surface area contributed by atoms with E-state index in [1.165, 1.54) is 4.90 Å². The van der Waals surface area contributed by atoms with E-state index in [9.17, 15) is 14.4 Å². The van der Waals surface area contributed by atoms with E-state index in [4.69, 9.17) is 0 Å². The van der Waals surface area contributed by atoms with Crippen LogP contribution >= 0.6 is 0 Å². The van der Waals surface area contributed by atoms with Crippen molar-refractivity contribution in [3.8, 4) is 0 Å². The van der Waals surface area contributed by atoms with E-state index in [0.29, 0.717) is 29.8 Å². The lowest BCUT2D eigenvalue weighted by atomic mass is 9.82. The molecule has 1 aliphatic heterocycles. The van der Waals surface area contributed by atoms with E-state index >= 15 is 0 Å². The highest BCUT2D eigenvalue weighted by Gasteiger charge is 2.49. The van der Waals surface area contributed by atoms with Gasteiger partial charge in [-0.05, 0) is 57.4 Å². The number of nitrogens with zero attached hydrogens (tertiary/aromatic N) is 1. The Bertz CT molecular complexity index is 1050. The summed E-state index contributed by atoms with van der Waals surface area (Å²) in [4.78, 5) is 40.4. The Morgan fingerprint density at radius 1 is 1.00 bits per heavy atom. The second-order valence-corrected chi connectivity index (χ2v) is 8.00. The molecule has 0 bridgehead atoms. The van der Waals surface area contributed by atoms with Crippen LogP contribution in [0, 0.1) is 25.7 Å². The smallest absolute Gasteiger partial charge is 0.257 e. The molecule has 5 heteroatoms. The normalized spacial score (nSPS) is 21.1. The number of allylic oxidation sites excluding steroid dienone is 2. The molecular formula is C24H24N2O3. The molecule has 4 rings (SSSR count). The molecule has 0 aromatic heterocycles. The number of fused-ring (bicyclic) bond motifs is 1. The second-order valence-electron chi connectivity index (χ2n) is 8.00. The zero-order valence-corrected chi connectivity index (χ0v) is 16.9. The number of benzene rings is 2. The van der Waals surface area contributed by atoms with Crippen molar-refractivity contribution < 1.29 is 14.4 Å². The minimum atomic E-state index is -0.336. The van der Waals surface area contributed by atoms with Crippen LogP contribution in [0.4, 0.5) is 11.4 Å². The van der Waals surface area contributed by atoms with Gasteiger partial charge in [-0.1, -0.05) is 41.5 Å². The van der Waals surface area contributed by atoms with Gasteiger partial charge in [-0.15, -0.1) is 0 Å². The molecule has 1 aliphatic carbocycles.